The van der Waals surface area contributed by atoms with E-state index in [9.17, 15) is 4.79 Å². The molecule has 3 N–H and O–H groups in total. The number of hydrogen-bond acceptors (Lipinski definition) is 3. The van der Waals surface area contributed by atoms with Crippen LogP contribution >= 0.6 is 24.0 Å². The maximum absolute atomic E-state index is 11.9. The molecule has 0 spiro atoms. The van der Waals surface area contributed by atoms with E-state index in [0.29, 0.717) is 44.2 Å². The third-order valence-electron chi connectivity index (χ3n) is 2.76. The fourth-order valence-electron chi connectivity index (χ4n) is 1.65. The Kier molecular flexibility index (Phi) is 6.99. The Hall–Kier alpha value is -0.290. The van der Waals surface area contributed by atoms with Crippen LogP contribution in [0.25, 0.3) is 0 Å². The molecule has 0 radical (unpaired) electrons. The van der Waals surface area contributed by atoms with Gasteiger partial charge in [0.05, 0.1) is 12.0 Å². The van der Waals surface area contributed by atoms with E-state index in [2.05, 4.69) is 11.9 Å². The zero-order chi connectivity index (χ0) is 11.3. The number of rotatable bonds is 4. The lowest BCUT2D eigenvalue weighted by molar-refractivity contribution is -0.135. The quantitative estimate of drug-likeness (QED) is 0.801. The van der Waals surface area contributed by atoms with Crippen LogP contribution in [-0.2, 0) is 9.53 Å². The van der Waals surface area contributed by atoms with Crippen molar-refractivity contribution in [2.45, 2.75) is 12.8 Å². The first-order valence-corrected chi connectivity index (χ1v) is 5.38. The molecule has 0 aromatic carbocycles. The van der Waals surface area contributed by atoms with Crippen LogP contribution in [0.3, 0.4) is 0 Å². The normalized spacial score (nSPS) is 18.4. The van der Waals surface area contributed by atoms with E-state index in [1.54, 1.807) is 0 Å². The van der Waals surface area contributed by atoms with Crippen LogP contribution in [-0.4, -0.2) is 32.2 Å². The molecule has 0 aliphatic carbocycles. The molecule has 0 saturated carbocycles. The lowest BCUT2D eigenvalue weighted by Crippen LogP contribution is -2.49. The molecule has 1 aliphatic heterocycles. The van der Waals surface area contributed by atoms with Crippen LogP contribution in [0.4, 0.5) is 0 Å². The monoisotopic (exact) mass is 268 g/mol. The van der Waals surface area contributed by atoms with Crippen molar-refractivity contribution >= 4 is 29.9 Å². The maximum Gasteiger partial charge on any atom is 0.227 e. The summed E-state index contributed by atoms with van der Waals surface area (Å²) in [6, 6.07) is 0. The van der Waals surface area contributed by atoms with Gasteiger partial charge >= 0.3 is 0 Å². The van der Waals surface area contributed by atoms with Gasteiger partial charge in [0, 0.05) is 24.8 Å². The van der Waals surface area contributed by atoms with E-state index in [4.69, 9.17) is 22.1 Å². The highest BCUT2D eigenvalue weighted by molar-refractivity contribution is 6.29. The van der Waals surface area contributed by atoms with Crippen molar-refractivity contribution in [3.63, 3.8) is 0 Å². The van der Waals surface area contributed by atoms with E-state index >= 15 is 0 Å². The number of carbonyl (C=O) groups excluding carboxylic acids is 1. The molecule has 0 aromatic rings. The minimum Gasteiger partial charge on any atom is -0.381 e. The second-order valence-electron chi connectivity index (χ2n) is 3.80. The fourth-order valence-corrected chi connectivity index (χ4v) is 1.72. The van der Waals surface area contributed by atoms with E-state index in [-0.39, 0.29) is 18.3 Å². The number of nitrogens with two attached hydrogens (primary N) is 1. The van der Waals surface area contributed by atoms with Crippen LogP contribution in [0.2, 0.25) is 0 Å². The second-order valence-corrected chi connectivity index (χ2v) is 4.33. The third-order valence-corrected chi connectivity index (χ3v) is 2.90. The molecule has 0 unspecified atom stereocenters. The summed E-state index contributed by atoms with van der Waals surface area (Å²) in [5.41, 5.74) is 5.19. The number of nitrogens with one attached hydrogen (secondary N) is 1. The third kappa shape index (κ3) is 3.94. The molecular formula is C10H18Cl2N2O2. The Balaban J connectivity index is 0.00000225. The second kappa shape index (κ2) is 7.12. The van der Waals surface area contributed by atoms with Gasteiger partial charge in [-0.15, -0.1) is 12.4 Å². The van der Waals surface area contributed by atoms with E-state index in [0.717, 1.165) is 0 Å². The summed E-state index contributed by atoms with van der Waals surface area (Å²) in [5, 5.41) is 3.16. The van der Waals surface area contributed by atoms with Gasteiger partial charge in [-0.2, -0.15) is 0 Å². The first-order valence-electron chi connectivity index (χ1n) is 5.00. The molecule has 16 heavy (non-hydrogen) atoms. The lowest BCUT2D eigenvalue weighted by Gasteiger charge is -2.34. The molecular weight excluding hydrogens is 251 g/mol. The summed E-state index contributed by atoms with van der Waals surface area (Å²) < 4.78 is 5.22. The van der Waals surface area contributed by atoms with Gasteiger partial charge in [0.1, 0.15) is 0 Å². The number of hydrogen-bond donors (Lipinski definition) is 2. The first-order chi connectivity index (χ1) is 7.10. The minimum atomic E-state index is -0.482. The van der Waals surface area contributed by atoms with Crippen molar-refractivity contribution in [2.75, 3.05) is 26.3 Å². The molecule has 1 heterocycles. The molecule has 1 aliphatic rings. The summed E-state index contributed by atoms with van der Waals surface area (Å²) in [6.45, 7) is 5.33. The van der Waals surface area contributed by atoms with Gasteiger partial charge in [-0.3, -0.25) is 4.79 Å². The predicted octanol–water partition coefficient (Wildman–Crippen LogP) is 1.03. The zero-order valence-electron chi connectivity index (χ0n) is 9.13. The average molecular weight is 269 g/mol. The summed E-state index contributed by atoms with van der Waals surface area (Å²) in [7, 11) is 0. The van der Waals surface area contributed by atoms with Crippen molar-refractivity contribution in [2.24, 2.45) is 11.1 Å². The van der Waals surface area contributed by atoms with Gasteiger partial charge in [-0.25, -0.2) is 0 Å². The Labute approximate surface area is 107 Å². The van der Waals surface area contributed by atoms with Gasteiger partial charge in [-0.05, 0) is 12.8 Å². The van der Waals surface area contributed by atoms with Gasteiger partial charge in [-0.1, -0.05) is 18.2 Å². The molecule has 1 amide bonds. The molecule has 0 bridgehead atoms. The van der Waals surface area contributed by atoms with Crippen LogP contribution in [0, 0.1) is 5.41 Å². The molecule has 1 fully saturated rings. The summed E-state index contributed by atoms with van der Waals surface area (Å²) >= 11 is 5.58. The molecule has 0 aromatic heterocycles. The van der Waals surface area contributed by atoms with Crippen LogP contribution in [0.5, 0.6) is 0 Å². The van der Waals surface area contributed by atoms with Crippen LogP contribution in [0.1, 0.15) is 12.8 Å². The summed E-state index contributed by atoms with van der Waals surface area (Å²) in [4.78, 5) is 11.9. The molecule has 6 heteroatoms. The predicted molar refractivity (Wildman–Crippen MR) is 66.8 cm³/mol. The highest BCUT2D eigenvalue weighted by atomic mass is 35.5. The number of carbonyl (C=O) groups is 1. The highest BCUT2D eigenvalue weighted by Crippen LogP contribution is 2.29. The Morgan fingerprint density at radius 1 is 1.50 bits per heavy atom. The Morgan fingerprint density at radius 3 is 2.50 bits per heavy atom. The zero-order valence-corrected chi connectivity index (χ0v) is 10.7. The van der Waals surface area contributed by atoms with Crippen LogP contribution < -0.4 is 11.1 Å². The standard InChI is InChI=1S/C10H17ClN2O2.ClH/c1-8(11)6-13-9(14)10(7-12)2-4-15-5-3-10;/h1-7,12H2,(H,13,14);1H. The first kappa shape index (κ1) is 15.7. The topological polar surface area (TPSA) is 64.4 Å². The fraction of sp³-hybridized carbons (Fsp3) is 0.700. The van der Waals surface area contributed by atoms with Gasteiger partial charge in [0.25, 0.3) is 0 Å². The highest BCUT2D eigenvalue weighted by Gasteiger charge is 2.38. The summed E-state index contributed by atoms with van der Waals surface area (Å²) in [5.74, 6) is -0.0462. The molecule has 1 rings (SSSR count). The smallest absolute Gasteiger partial charge is 0.227 e. The number of amides is 1. The number of halogens is 2. The Bertz CT molecular complexity index is 253. The van der Waals surface area contributed by atoms with Gasteiger partial charge in [0.15, 0.2) is 0 Å². The average Bonchev–Trinajstić information content (AvgIpc) is 2.26. The van der Waals surface area contributed by atoms with Crippen molar-refractivity contribution < 1.29 is 9.53 Å². The van der Waals surface area contributed by atoms with E-state index in [1.807, 2.05) is 0 Å². The van der Waals surface area contributed by atoms with Crippen molar-refractivity contribution in [3.05, 3.63) is 11.6 Å². The van der Waals surface area contributed by atoms with Crippen molar-refractivity contribution in [1.82, 2.24) is 5.32 Å². The molecule has 4 nitrogen and oxygen atoms in total. The SMILES string of the molecule is C=C(Cl)CNC(=O)C1(CN)CCOCC1.Cl. The molecule has 1 saturated heterocycles. The van der Waals surface area contributed by atoms with Crippen molar-refractivity contribution in [1.29, 1.82) is 0 Å². The summed E-state index contributed by atoms with van der Waals surface area (Å²) in [6.07, 6.45) is 1.34. The largest absolute Gasteiger partial charge is 0.381 e. The lowest BCUT2D eigenvalue weighted by atomic mass is 9.79. The van der Waals surface area contributed by atoms with Gasteiger partial charge < -0.3 is 15.8 Å². The van der Waals surface area contributed by atoms with Crippen LogP contribution in [0.15, 0.2) is 11.6 Å². The molecule has 0 atom stereocenters. The van der Waals surface area contributed by atoms with E-state index in [1.165, 1.54) is 0 Å². The maximum atomic E-state index is 11.9. The van der Waals surface area contributed by atoms with Crippen molar-refractivity contribution in [3.8, 4) is 0 Å². The molecule has 94 valence electrons. The van der Waals surface area contributed by atoms with Gasteiger partial charge in [0.2, 0.25) is 5.91 Å². The number of ether oxygens (including phenoxy) is 1. The van der Waals surface area contributed by atoms with E-state index < -0.39 is 5.41 Å². The minimum absolute atomic E-state index is 0. The Morgan fingerprint density at radius 2 is 2.06 bits per heavy atom.